The van der Waals surface area contributed by atoms with Crippen LogP contribution in [0.25, 0.3) is 22.4 Å². The molecule has 6 heteroatoms. The van der Waals surface area contributed by atoms with Crippen molar-refractivity contribution in [2.75, 3.05) is 24.3 Å². The van der Waals surface area contributed by atoms with Crippen molar-refractivity contribution >= 4 is 39.0 Å². The minimum atomic E-state index is -0.180. The molecule has 26 heavy (non-hydrogen) atoms. The molecule has 0 saturated carbocycles. The van der Waals surface area contributed by atoms with E-state index in [-0.39, 0.29) is 5.91 Å². The van der Waals surface area contributed by atoms with Gasteiger partial charge in [-0.3, -0.25) is 10.1 Å². The molecule has 0 radical (unpaired) electrons. The Morgan fingerprint density at radius 2 is 1.88 bits per heavy atom. The van der Waals surface area contributed by atoms with E-state index in [4.69, 9.17) is 4.42 Å². The molecule has 130 valence electrons. The van der Waals surface area contributed by atoms with Gasteiger partial charge in [0.15, 0.2) is 10.9 Å². The summed E-state index contributed by atoms with van der Waals surface area (Å²) < 4.78 is 5.82. The third kappa shape index (κ3) is 3.19. The van der Waals surface area contributed by atoms with Crippen LogP contribution in [0.2, 0.25) is 0 Å². The van der Waals surface area contributed by atoms with Gasteiger partial charge in [0.25, 0.3) is 5.91 Å². The van der Waals surface area contributed by atoms with E-state index < -0.39 is 0 Å². The molecule has 0 bridgehead atoms. The van der Waals surface area contributed by atoms with Gasteiger partial charge in [0.05, 0.1) is 0 Å². The fourth-order valence-corrected chi connectivity index (χ4v) is 3.33. The Bertz CT molecular complexity index is 1030. The summed E-state index contributed by atoms with van der Waals surface area (Å²) in [7, 11) is 3.93. The second kappa shape index (κ2) is 6.65. The summed E-state index contributed by atoms with van der Waals surface area (Å²) in [5.74, 6) is 0.513. The Labute approximate surface area is 154 Å². The molecule has 0 aliphatic heterocycles. The second-order valence-electron chi connectivity index (χ2n) is 6.08. The predicted molar refractivity (Wildman–Crippen MR) is 106 cm³/mol. The van der Waals surface area contributed by atoms with E-state index in [0.717, 1.165) is 16.7 Å². The summed E-state index contributed by atoms with van der Waals surface area (Å²) in [6, 6.07) is 17.2. The number of benzene rings is 2. The van der Waals surface area contributed by atoms with E-state index in [1.165, 1.54) is 11.3 Å². The Kier molecular flexibility index (Phi) is 4.18. The summed E-state index contributed by atoms with van der Waals surface area (Å²) in [5.41, 5.74) is 3.17. The maximum Gasteiger partial charge on any atom is 0.257 e. The minimum Gasteiger partial charge on any atom is -0.454 e. The second-order valence-corrected chi connectivity index (χ2v) is 6.94. The summed E-state index contributed by atoms with van der Waals surface area (Å²) >= 11 is 1.37. The summed E-state index contributed by atoms with van der Waals surface area (Å²) in [5, 5.41) is 6.29. The number of nitrogens with zero attached hydrogens (tertiary/aromatic N) is 2. The van der Waals surface area contributed by atoms with Crippen LogP contribution in [0.4, 0.5) is 10.8 Å². The van der Waals surface area contributed by atoms with Crippen molar-refractivity contribution in [3.8, 4) is 11.5 Å². The minimum absolute atomic E-state index is 0.180. The van der Waals surface area contributed by atoms with Gasteiger partial charge in [-0.15, -0.1) is 11.3 Å². The van der Waals surface area contributed by atoms with Gasteiger partial charge in [-0.1, -0.05) is 18.2 Å². The summed E-state index contributed by atoms with van der Waals surface area (Å²) in [4.78, 5) is 18.9. The van der Waals surface area contributed by atoms with Gasteiger partial charge in [-0.25, -0.2) is 4.98 Å². The number of rotatable bonds is 4. The van der Waals surface area contributed by atoms with Gasteiger partial charge in [0, 0.05) is 36.1 Å². The number of amides is 1. The monoisotopic (exact) mass is 363 g/mol. The van der Waals surface area contributed by atoms with E-state index >= 15 is 0 Å². The third-order valence-corrected chi connectivity index (χ3v) is 4.81. The predicted octanol–water partition coefficient (Wildman–Crippen LogP) is 4.87. The van der Waals surface area contributed by atoms with Crippen LogP contribution in [0.5, 0.6) is 0 Å². The number of anilines is 2. The van der Waals surface area contributed by atoms with E-state index in [9.17, 15) is 4.79 Å². The van der Waals surface area contributed by atoms with Gasteiger partial charge < -0.3 is 9.32 Å². The fraction of sp³-hybridized carbons (Fsp3) is 0.100. The molecule has 4 rings (SSSR count). The van der Waals surface area contributed by atoms with Crippen molar-refractivity contribution in [1.29, 1.82) is 0 Å². The highest BCUT2D eigenvalue weighted by Crippen LogP contribution is 2.30. The first kappa shape index (κ1) is 16.4. The molecule has 2 aromatic carbocycles. The first-order valence-corrected chi connectivity index (χ1v) is 9.01. The summed E-state index contributed by atoms with van der Waals surface area (Å²) in [6.45, 7) is 0. The summed E-state index contributed by atoms with van der Waals surface area (Å²) in [6.07, 6.45) is 0. The van der Waals surface area contributed by atoms with Gasteiger partial charge in [0.2, 0.25) is 0 Å². The largest absolute Gasteiger partial charge is 0.454 e. The molecular formula is C20H17N3O2S. The molecule has 5 nitrogen and oxygen atoms in total. The van der Waals surface area contributed by atoms with Crippen LogP contribution in [0.15, 0.2) is 64.4 Å². The number of hydrogen-bond acceptors (Lipinski definition) is 5. The lowest BCUT2D eigenvalue weighted by atomic mass is 10.2. The van der Waals surface area contributed by atoms with Crippen molar-refractivity contribution < 1.29 is 9.21 Å². The van der Waals surface area contributed by atoms with Crippen LogP contribution in [0, 0.1) is 0 Å². The molecule has 0 fully saturated rings. The lowest BCUT2D eigenvalue weighted by Gasteiger charge is -2.12. The van der Waals surface area contributed by atoms with Crippen molar-refractivity contribution in [2.24, 2.45) is 0 Å². The zero-order valence-corrected chi connectivity index (χ0v) is 15.2. The topological polar surface area (TPSA) is 58.4 Å². The molecule has 1 amide bonds. The van der Waals surface area contributed by atoms with Gasteiger partial charge in [-0.2, -0.15) is 0 Å². The first-order chi connectivity index (χ1) is 12.6. The van der Waals surface area contributed by atoms with Gasteiger partial charge in [-0.05, 0) is 36.4 Å². The van der Waals surface area contributed by atoms with E-state index in [0.29, 0.717) is 22.1 Å². The average Bonchev–Trinajstić information content (AvgIpc) is 3.28. The van der Waals surface area contributed by atoms with Crippen LogP contribution in [0.1, 0.15) is 10.4 Å². The third-order valence-electron chi connectivity index (χ3n) is 4.05. The highest BCUT2D eigenvalue weighted by Gasteiger charge is 2.13. The molecule has 1 N–H and O–H groups in total. The standard InChI is InChI=1S/C20H17N3O2S/c1-23(2)15-9-7-13(8-10-15)19(24)22-20-21-16(12-26-20)18-11-14-5-3-4-6-17(14)25-18/h3-12H,1-2H3,(H,21,22,24). The SMILES string of the molecule is CN(C)c1ccc(C(=O)Nc2nc(-c3cc4ccccc4o3)cs2)cc1. The van der Waals surface area contributed by atoms with E-state index in [2.05, 4.69) is 10.3 Å². The van der Waals surface area contributed by atoms with Crippen LogP contribution in [0.3, 0.4) is 0 Å². The molecule has 2 heterocycles. The smallest absolute Gasteiger partial charge is 0.257 e. The Hall–Kier alpha value is -3.12. The molecular weight excluding hydrogens is 346 g/mol. The van der Waals surface area contributed by atoms with Gasteiger partial charge in [0.1, 0.15) is 11.3 Å². The number of aromatic nitrogens is 1. The van der Waals surface area contributed by atoms with Crippen molar-refractivity contribution in [2.45, 2.75) is 0 Å². The molecule has 0 aliphatic carbocycles. The maximum atomic E-state index is 12.4. The number of hydrogen-bond donors (Lipinski definition) is 1. The number of thiazole rings is 1. The molecule has 0 unspecified atom stereocenters. The highest BCUT2D eigenvalue weighted by molar-refractivity contribution is 7.14. The highest BCUT2D eigenvalue weighted by atomic mass is 32.1. The van der Waals surface area contributed by atoms with Crippen LogP contribution in [-0.4, -0.2) is 25.0 Å². The molecule has 0 saturated heterocycles. The van der Waals surface area contributed by atoms with Crippen LogP contribution >= 0.6 is 11.3 Å². The van der Waals surface area contributed by atoms with Crippen molar-refractivity contribution in [3.63, 3.8) is 0 Å². The van der Waals surface area contributed by atoms with Gasteiger partial charge >= 0.3 is 0 Å². The quantitative estimate of drug-likeness (QED) is 0.562. The van der Waals surface area contributed by atoms with E-state index in [1.807, 2.05) is 66.8 Å². The van der Waals surface area contributed by atoms with Crippen molar-refractivity contribution in [1.82, 2.24) is 4.98 Å². The maximum absolute atomic E-state index is 12.4. The molecule has 4 aromatic rings. The zero-order chi connectivity index (χ0) is 18.1. The van der Waals surface area contributed by atoms with Crippen LogP contribution in [-0.2, 0) is 0 Å². The number of fused-ring (bicyclic) bond motifs is 1. The lowest BCUT2D eigenvalue weighted by molar-refractivity contribution is 0.102. The molecule has 2 aromatic heterocycles. The number of furan rings is 1. The van der Waals surface area contributed by atoms with Crippen LogP contribution < -0.4 is 10.2 Å². The van der Waals surface area contributed by atoms with Crippen molar-refractivity contribution in [3.05, 3.63) is 65.5 Å². The zero-order valence-electron chi connectivity index (χ0n) is 14.4. The van der Waals surface area contributed by atoms with E-state index in [1.54, 1.807) is 12.1 Å². The average molecular weight is 363 g/mol. The lowest BCUT2D eigenvalue weighted by Crippen LogP contribution is -2.13. The normalized spacial score (nSPS) is 10.8. The molecule has 0 spiro atoms. The number of carbonyl (C=O) groups is 1. The molecule has 0 atom stereocenters. The number of carbonyl (C=O) groups excluding carboxylic acids is 1. The Morgan fingerprint density at radius 3 is 2.62 bits per heavy atom. The Balaban J connectivity index is 1.51. The number of nitrogens with one attached hydrogen (secondary N) is 1. The Morgan fingerprint density at radius 1 is 1.12 bits per heavy atom. The number of para-hydroxylation sites is 1. The first-order valence-electron chi connectivity index (χ1n) is 8.13. The fourth-order valence-electron chi connectivity index (χ4n) is 2.63. The molecule has 0 aliphatic rings.